The zero-order chi connectivity index (χ0) is 19.8. The Morgan fingerprint density at radius 1 is 1.37 bits per heavy atom. The van der Waals surface area contributed by atoms with Crippen molar-refractivity contribution in [2.45, 2.75) is 31.7 Å². The van der Waals surface area contributed by atoms with Gasteiger partial charge in [-0.05, 0) is 42.7 Å². The number of halogens is 1. The second kappa shape index (κ2) is 10.2. The summed E-state index contributed by atoms with van der Waals surface area (Å²) in [5.74, 6) is 1.40. The van der Waals surface area contributed by atoms with Crippen molar-refractivity contribution in [2.24, 2.45) is 5.92 Å². The highest BCUT2D eigenvalue weighted by molar-refractivity contribution is 7.99. The molecular formula is C20H22ClN3O2S. The summed E-state index contributed by atoms with van der Waals surface area (Å²) < 4.78 is 5.23. The third-order valence-corrected chi connectivity index (χ3v) is 4.89. The molecule has 0 saturated carbocycles. The summed E-state index contributed by atoms with van der Waals surface area (Å²) >= 11 is 7.39. The normalized spacial score (nSPS) is 10.5. The number of aromatic nitrogens is 1. The summed E-state index contributed by atoms with van der Waals surface area (Å²) in [6.07, 6.45) is 1.13. The Bertz CT molecular complexity index is 850. The van der Waals surface area contributed by atoms with E-state index in [9.17, 15) is 10.1 Å². The van der Waals surface area contributed by atoms with Crippen LogP contribution in [0.3, 0.4) is 0 Å². The van der Waals surface area contributed by atoms with Crippen molar-refractivity contribution < 1.29 is 9.53 Å². The maximum Gasteiger partial charge on any atom is 0.225 e. The van der Waals surface area contributed by atoms with Gasteiger partial charge in [-0.25, -0.2) is 4.98 Å². The first-order valence-corrected chi connectivity index (χ1v) is 9.95. The Labute approximate surface area is 169 Å². The molecule has 1 heterocycles. The largest absolute Gasteiger partial charge is 0.495 e. The van der Waals surface area contributed by atoms with Crippen LogP contribution < -0.4 is 10.1 Å². The van der Waals surface area contributed by atoms with Gasteiger partial charge in [-0.15, -0.1) is 11.8 Å². The zero-order valence-electron chi connectivity index (χ0n) is 15.6. The molecule has 0 atom stereocenters. The molecule has 0 aliphatic heterocycles. The van der Waals surface area contributed by atoms with Gasteiger partial charge in [0, 0.05) is 22.9 Å². The number of nitrogens with one attached hydrogen (secondary N) is 1. The lowest BCUT2D eigenvalue weighted by molar-refractivity contribution is -0.115. The van der Waals surface area contributed by atoms with Gasteiger partial charge in [0.1, 0.15) is 16.8 Å². The van der Waals surface area contributed by atoms with Gasteiger partial charge in [0.15, 0.2) is 0 Å². The second-order valence-electron chi connectivity index (χ2n) is 6.36. The minimum Gasteiger partial charge on any atom is -0.495 e. The number of anilines is 1. The number of carbonyl (C=O) groups excluding carboxylic acids is 1. The quantitative estimate of drug-likeness (QED) is 0.632. The van der Waals surface area contributed by atoms with E-state index in [0.717, 1.165) is 12.1 Å². The van der Waals surface area contributed by atoms with Crippen LogP contribution in [-0.4, -0.2) is 23.8 Å². The minimum absolute atomic E-state index is 0.153. The van der Waals surface area contributed by atoms with E-state index in [0.29, 0.717) is 38.7 Å². The van der Waals surface area contributed by atoms with Crippen LogP contribution >= 0.6 is 23.4 Å². The predicted octanol–water partition coefficient (Wildman–Crippen LogP) is 4.93. The smallest absolute Gasteiger partial charge is 0.225 e. The average molecular weight is 404 g/mol. The number of hydrogen-bond acceptors (Lipinski definition) is 5. The van der Waals surface area contributed by atoms with E-state index in [-0.39, 0.29) is 12.3 Å². The molecule has 0 spiro atoms. The molecule has 0 radical (unpaired) electrons. The Hall–Kier alpha value is -2.23. The standard InChI is InChI=1S/C20H22ClN3O2S/c1-13(2)10-16-6-4-14(12-22)20(23-16)27-9-8-19(25)24-17-11-15(21)5-7-18(17)26-3/h4-7,11,13H,8-10H2,1-3H3,(H,24,25). The molecule has 2 rings (SSSR count). The highest BCUT2D eigenvalue weighted by Crippen LogP contribution is 2.28. The first-order valence-electron chi connectivity index (χ1n) is 8.59. The van der Waals surface area contributed by atoms with E-state index in [1.54, 1.807) is 24.3 Å². The van der Waals surface area contributed by atoms with Crippen molar-refractivity contribution in [2.75, 3.05) is 18.2 Å². The second-order valence-corrected chi connectivity index (χ2v) is 7.88. The fraction of sp³-hybridized carbons (Fsp3) is 0.350. The van der Waals surface area contributed by atoms with Crippen LogP contribution in [0.25, 0.3) is 0 Å². The number of carbonyl (C=O) groups is 1. The molecule has 0 aliphatic rings. The molecule has 0 aliphatic carbocycles. The number of rotatable bonds is 8. The predicted molar refractivity (Wildman–Crippen MR) is 109 cm³/mol. The van der Waals surface area contributed by atoms with Gasteiger partial charge in [0.05, 0.1) is 18.4 Å². The molecule has 7 heteroatoms. The van der Waals surface area contributed by atoms with Crippen LogP contribution in [0, 0.1) is 17.2 Å². The molecular weight excluding hydrogens is 382 g/mol. The van der Waals surface area contributed by atoms with Crippen LogP contribution in [0.15, 0.2) is 35.4 Å². The van der Waals surface area contributed by atoms with E-state index in [1.807, 2.05) is 6.07 Å². The van der Waals surface area contributed by atoms with Crippen molar-refractivity contribution in [3.8, 4) is 11.8 Å². The third kappa shape index (κ3) is 6.46. The molecule has 0 fully saturated rings. The first-order chi connectivity index (χ1) is 12.9. The Balaban J connectivity index is 1.97. The molecule has 0 bridgehead atoms. The third-order valence-electron chi connectivity index (χ3n) is 3.66. The molecule has 0 saturated heterocycles. The van der Waals surface area contributed by atoms with Gasteiger partial charge in [0.2, 0.25) is 5.91 Å². The van der Waals surface area contributed by atoms with Crippen molar-refractivity contribution in [3.63, 3.8) is 0 Å². The van der Waals surface area contributed by atoms with Gasteiger partial charge in [-0.1, -0.05) is 25.4 Å². The van der Waals surface area contributed by atoms with Crippen LogP contribution in [-0.2, 0) is 11.2 Å². The molecule has 142 valence electrons. The number of nitrogens with zero attached hydrogens (tertiary/aromatic N) is 2. The van der Waals surface area contributed by atoms with Crippen molar-refractivity contribution in [1.82, 2.24) is 4.98 Å². The zero-order valence-corrected chi connectivity index (χ0v) is 17.2. The fourth-order valence-electron chi connectivity index (χ4n) is 2.44. The number of methoxy groups -OCH3 is 1. The molecule has 1 aromatic heterocycles. The minimum atomic E-state index is -0.153. The summed E-state index contributed by atoms with van der Waals surface area (Å²) in [6.45, 7) is 4.25. The number of pyridine rings is 1. The first kappa shape index (κ1) is 21.1. The summed E-state index contributed by atoms with van der Waals surface area (Å²) in [5, 5.41) is 13.3. The van der Waals surface area contributed by atoms with Crippen LogP contribution in [0.4, 0.5) is 5.69 Å². The number of thioether (sulfide) groups is 1. The summed E-state index contributed by atoms with van der Waals surface area (Å²) in [5.41, 5.74) is 2.03. The van der Waals surface area contributed by atoms with E-state index >= 15 is 0 Å². The Morgan fingerprint density at radius 3 is 2.81 bits per heavy atom. The Morgan fingerprint density at radius 2 is 2.15 bits per heavy atom. The van der Waals surface area contributed by atoms with E-state index in [2.05, 4.69) is 30.2 Å². The topological polar surface area (TPSA) is 75.0 Å². The highest BCUT2D eigenvalue weighted by atomic mass is 35.5. The van der Waals surface area contributed by atoms with Gasteiger partial charge in [0.25, 0.3) is 0 Å². The van der Waals surface area contributed by atoms with Crippen molar-refractivity contribution in [1.29, 1.82) is 5.26 Å². The number of ether oxygens (including phenoxy) is 1. The fourth-order valence-corrected chi connectivity index (χ4v) is 3.54. The van der Waals surface area contributed by atoms with Gasteiger partial charge in [-0.3, -0.25) is 4.79 Å². The molecule has 5 nitrogen and oxygen atoms in total. The lowest BCUT2D eigenvalue weighted by atomic mass is 10.1. The maximum absolute atomic E-state index is 12.2. The van der Waals surface area contributed by atoms with Crippen molar-refractivity contribution >= 4 is 35.0 Å². The van der Waals surface area contributed by atoms with Crippen molar-refractivity contribution in [3.05, 3.63) is 46.6 Å². The SMILES string of the molecule is COc1ccc(Cl)cc1NC(=O)CCSc1nc(CC(C)C)ccc1C#N. The summed E-state index contributed by atoms with van der Waals surface area (Å²) in [6, 6.07) is 10.9. The Kier molecular flexibility index (Phi) is 7.96. The van der Waals surface area contributed by atoms with E-state index < -0.39 is 0 Å². The summed E-state index contributed by atoms with van der Waals surface area (Å²) in [4.78, 5) is 16.8. The van der Waals surface area contributed by atoms with Gasteiger partial charge < -0.3 is 10.1 Å². The number of amides is 1. The number of hydrogen-bond donors (Lipinski definition) is 1. The van der Waals surface area contributed by atoms with Crippen LogP contribution in [0.5, 0.6) is 5.75 Å². The molecule has 27 heavy (non-hydrogen) atoms. The van der Waals surface area contributed by atoms with E-state index in [1.165, 1.54) is 18.9 Å². The lowest BCUT2D eigenvalue weighted by Crippen LogP contribution is -2.13. The van der Waals surface area contributed by atoms with Crippen LogP contribution in [0.2, 0.25) is 5.02 Å². The maximum atomic E-state index is 12.2. The molecule has 1 aromatic carbocycles. The van der Waals surface area contributed by atoms with Gasteiger partial charge >= 0.3 is 0 Å². The highest BCUT2D eigenvalue weighted by Gasteiger charge is 2.11. The monoisotopic (exact) mass is 403 g/mol. The molecule has 1 N–H and O–H groups in total. The lowest BCUT2D eigenvalue weighted by Gasteiger charge is -2.11. The number of benzene rings is 1. The molecule has 2 aromatic rings. The van der Waals surface area contributed by atoms with Gasteiger partial charge in [-0.2, -0.15) is 5.26 Å². The average Bonchev–Trinajstić information content (AvgIpc) is 2.61. The molecule has 0 unspecified atom stereocenters. The number of nitriles is 1. The summed E-state index contributed by atoms with van der Waals surface area (Å²) in [7, 11) is 1.54. The molecule has 1 amide bonds. The van der Waals surface area contributed by atoms with Crippen LogP contribution in [0.1, 0.15) is 31.5 Å². The van der Waals surface area contributed by atoms with E-state index in [4.69, 9.17) is 16.3 Å².